The SMILES string of the molecule is CCC(C)(C)c1ccc2c(c1)N(Cc1cccc(C(=O)N[C@@H](C)C(C)C)c1)C(=O)CO2. The third-order valence-electron chi connectivity index (χ3n) is 6.46. The molecule has 1 aliphatic rings. The molecule has 2 aromatic carbocycles. The molecule has 1 heterocycles. The van der Waals surface area contributed by atoms with Crippen molar-refractivity contribution >= 4 is 17.5 Å². The van der Waals surface area contributed by atoms with Crippen LogP contribution in [-0.4, -0.2) is 24.5 Å². The summed E-state index contributed by atoms with van der Waals surface area (Å²) in [6.07, 6.45) is 0.993. The second kappa shape index (κ2) is 9.13. The Kier molecular flexibility index (Phi) is 6.73. The molecule has 0 aliphatic carbocycles. The Hall–Kier alpha value is -2.82. The van der Waals surface area contributed by atoms with E-state index in [2.05, 4.69) is 52.1 Å². The highest BCUT2D eigenvalue weighted by Crippen LogP contribution is 2.38. The Morgan fingerprint density at radius 3 is 2.58 bits per heavy atom. The van der Waals surface area contributed by atoms with Crippen LogP contribution in [0.1, 0.15) is 69.4 Å². The number of hydrogen-bond acceptors (Lipinski definition) is 3. The zero-order valence-corrected chi connectivity index (χ0v) is 19.5. The lowest BCUT2D eigenvalue weighted by molar-refractivity contribution is -0.121. The molecule has 166 valence electrons. The van der Waals surface area contributed by atoms with E-state index in [9.17, 15) is 9.59 Å². The first-order valence-corrected chi connectivity index (χ1v) is 11.1. The van der Waals surface area contributed by atoms with Crippen molar-refractivity contribution in [3.63, 3.8) is 0 Å². The van der Waals surface area contributed by atoms with Gasteiger partial charge in [0.05, 0.1) is 12.2 Å². The molecule has 1 N–H and O–H groups in total. The maximum absolute atomic E-state index is 12.8. The molecule has 0 saturated carbocycles. The second-order valence-electron chi connectivity index (χ2n) is 9.40. The van der Waals surface area contributed by atoms with Gasteiger partial charge in [-0.05, 0) is 60.1 Å². The molecule has 1 atom stereocenters. The maximum atomic E-state index is 12.8. The Labute approximate surface area is 185 Å². The highest BCUT2D eigenvalue weighted by molar-refractivity contribution is 5.98. The van der Waals surface area contributed by atoms with E-state index in [-0.39, 0.29) is 29.9 Å². The van der Waals surface area contributed by atoms with Gasteiger partial charge in [0.1, 0.15) is 5.75 Å². The molecule has 0 unspecified atom stereocenters. The van der Waals surface area contributed by atoms with Gasteiger partial charge >= 0.3 is 0 Å². The third kappa shape index (κ3) is 5.09. The number of fused-ring (bicyclic) bond motifs is 1. The van der Waals surface area contributed by atoms with Crippen molar-refractivity contribution < 1.29 is 14.3 Å². The van der Waals surface area contributed by atoms with E-state index in [1.165, 1.54) is 5.56 Å². The molecular formula is C26H34N2O3. The Bertz CT molecular complexity index is 965. The molecule has 0 aromatic heterocycles. The summed E-state index contributed by atoms with van der Waals surface area (Å²) in [4.78, 5) is 27.2. The van der Waals surface area contributed by atoms with E-state index in [0.29, 0.717) is 18.0 Å². The van der Waals surface area contributed by atoms with Crippen molar-refractivity contribution in [1.29, 1.82) is 0 Å². The molecule has 0 saturated heterocycles. The van der Waals surface area contributed by atoms with Crippen LogP contribution >= 0.6 is 0 Å². The number of nitrogens with zero attached hydrogens (tertiary/aromatic N) is 1. The lowest BCUT2D eigenvalue weighted by Crippen LogP contribution is -2.38. The van der Waals surface area contributed by atoms with Crippen molar-refractivity contribution in [3.8, 4) is 5.75 Å². The van der Waals surface area contributed by atoms with Crippen LogP contribution in [0.2, 0.25) is 0 Å². The van der Waals surface area contributed by atoms with Crippen molar-refractivity contribution in [3.05, 3.63) is 59.2 Å². The van der Waals surface area contributed by atoms with Gasteiger partial charge in [-0.3, -0.25) is 9.59 Å². The van der Waals surface area contributed by atoms with Gasteiger partial charge in [-0.1, -0.05) is 52.8 Å². The molecule has 0 fully saturated rings. The van der Waals surface area contributed by atoms with Crippen LogP contribution in [0.15, 0.2) is 42.5 Å². The van der Waals surface area contributed by atoms with E-state index < -0.39 is 0 Å². The molecule has 5 nitrogen and oxygen atoms in total. The van der Waals surface area contributed by atoms with E-state index in [0.717, 1.165) is 23.4 Å². The minimum Gasteiger partial charge on any atom is -0.482 e. The number of anilines is 1. The lowest BCUT2D eigenvalue weighted by Gasteiger charge is -2.32. The van der Waals surface area contributed by atoms with Crippen molar-refractivity contribution in [2.24, 2.45) is 5.92 Å². The fraction of sp³-hybridized carbons (Fsp3) is 0.462. The molecule has 1 aliphatic heterocycles. The lowest BCUT2D eigenvalue weighted by atomic mass is 9.82. The maximum Gasteiger partial charge on any atom is 0.265 e. The molecule has 31 heavy (non-hydrogen) atoms. The van der Waals surface area contributed by atoms with Crippen LogP contribution in [0.25, 0.3) is 0 Å². The van der Waals surface area contributed by atoms with Crippen molar-refractivity contribution in [2.45, 2.75) is 66.0 Å². The van der Waals surface area contributed by atoms with Gasteiger partial charge in [0.25, 0.3) is 11.8 Å². The summed E-state index contributed by atoms with van der Waals surface area (Å²) in [7, 11) is 0. The molecule has 2 aromatic rings. The van der Waals surface area contributed by atoms with Gasteiger partial charge in [0, 0.05) is 11.6 Å². The predicted molar refractivity (Wildman–Crippen MR) is 125 cm³/mol. The van der Waals surface area contributed by atoms with E-state index in [1.54, 1.807) is 4.90 Å². The predicted octanol–water partition coefficient (Wildman–Crippen LogP) is 5.07. The normalized spacial score (nSPS) is 14.8. The third-order valence-corrected chi connectivity index (χ3v) is 6.46. The van der Waals surface area contributed by atoms with Gasteiger partial charge in [-0.15, -0.1) is 0 Å². The van der Waals surface area contributed by atoms with E-state index >= 15 is 0 Å². The van der Waals surface area contributed by atoms with Gasteiger partial charge < -0.3 is 15.0 Å². The van der Waals surface area contributed by atoms with Crippen LogP contribution in [0, 0.1) is 5.92 Å². The molecule has 5 heteroatoms. The van der Waals surface area contributed by atoms with Crippen molar-refractivity contribution in [2.75, 3.05) is 11.5 Å². The Morgan fingerprint density at radius 1 is 1.16 bits per heavy atom. The summed E-state index contributed by atoms with van der Waals surface area (Å²) in [5.41, 5.74) is 3.48. The summed E-state index contributed by atoms with van der Waals surface area (Å²) < 4.78 is 5.68. The summed E-state index contributed by atoms with van der Waals surface area (Å²) in [6.45, 7) is 13.1. The molecular weight excluding hydrogens is 388 g/mol. The number of amides is 2. The number of carbonyl (C=O) groups is 2. The highest BCUT2D eigenvalue weighted by atomic mass is 16.5. The van der Waals surface area contributed by atoms with Crippen LogP contribution < -0.4 is 15.0 Å². The summed E-state index contributed by atoms with van der Waals surface area (Å²) >= 11 is 0. The quantitative estimate of drug-likeness (QED) is 0.677. The topological polar surface area (TPSA) is 58.6 Å². The zero-order chi connectivity index (χ0) is 22.8. The number of rotatable bonds is 7. The minimum atomic E-state index is -0.0938. The Balaban J connectivity index is 1.87. The van der Waals surface area contributed by atoms with E-state index in [1.807, 2.05) is 37.3 Å². The smallest absolute Gasteiger partial charge is 0.265 e. The van der Waals surface area contributed by atoms with Crippen LogP contribution in [0.3, 0.4) is 0 Å². The number of hydrogen-bond donors (Lipinski definition) is 1. The summed E-state index contributed by atoms with van der Waals surface area (Å²) in [5, 5.41) is 3.04. The molecule has 0 spiro atoms. The first kappa shape index (κ1) is 22.9. The molecule has 0 radical (unpaired) electrons. The van der Waals surface area contributed by atoms with Crippen LogP contribution in [0.5, 0.6) is 5.75 Å². The monoisotopic (exact) mass is 422 g/mol. The number of ether oxygens (including phenoxy) is 1. The number of benzene rings is 2. The highest BCUT2D eigenvalue weighted by Gasteiger charge is 2.28. The summed E-state index contributed by atoms with van der Waals surface area (Å²) in [6, 6.07) is 13.7. The molecule has 0 bridgehead atoms. The first-order chi connectivity index (χ1) is 14.6. The zero-order valence-electron chi connectivity index (χ0n) is 19.5. The fourth-order valence-corrected chi connectivity index (χ4v) is 3.45. The summed E-state index contributed by atoms with van der Waals surface area (Å²) in [5.74, 6) is 0.900. The fourth-order valence-electron chi connectivity index (χ4n) is 3.45. The standard InChI is InChI=1S/C26H34N2O3/c1-7-26(5,6)21-11-12-23-22(14-21)28(24(29)16-31-23)15-19-9-8-10-20(13-19)25(30)27-18(4)17(2)3/h8-14,17-18H,7,15-16H2,1-6H3,(H,27,30)/t18-/m0/s1. The molecule has 2 amide bonds. The average molecular weight is 423 g/mol. The first-order valence-electron chi connectivity index (χ1n) is 11.1. The largest absolute Gasteiger partial charge is 0.482 e. The molecule has 3 rings (SSSR count). The van der Waals surface area contributed by atoms with Crippen molar-refractivity contribution in [1.82, 2.24) is 5.32 Å². The van der Waals surface area contributed by atoms with Gasteiger partial charge in [-0.25, -0.2) is 0 Å². The Morgan fingerprint density at radius 2 is 1.90 bits per heavy atom. The van der Waals surface area contributed by atoms with Gasteiger partial charge in [0.15, 0.2) is 6.61 Å². The van der Waals surface area contributed by atoms with Gasteiger partial charge in [0.2, 0.25) is 0 Å². The van der Waals surface area contributed by atoms with Crippen LogP contribution in [0.4, 0.5) is 5.69 Å². The number of carbonyl (C=O) groups excluding carboxylic acids is 2. The minimum absolute atomic E-state index is 0.00626. The number of nitrogens with one attached hydrogen (secondary N) is 1. The second-order valence-corrected chi connectivity index (χ2v) is 9.40. The van der Waals surface area contributed by atoms with Gasteiger partial charge in [-0.2, -0.15) is 0 Å². The van der Waals surface area contributed by atoms with E-state index in [4.69, 9.17) is 4.74 Å². The van der Waals surface area contributed by atoms with Crippen LogP contribution in [-0.2, 0) is 16.8 Å². The average Bonchev–Trinajstić information content (AvgIpc) is 2.75.